The van der Waals surface area contributed by atoms with Gasteiger partial charge in [-0.05, 0) is 194 Å². The minimum Gasteiger partial charge on any atom is -0.460 e. The summed E-state index contributed by atoms with van der Waals surface area (Å²) in [7, 11) is 4.35. The van der Waals surface area contributed by atoms with Gasteiger partial charge in [0.15, 0.2) is 0 Å². The molecule has 5 fully saturated rings. The Balaban J connectivity index is 0.000000159. The lowest BCUT2D eigenvalue weighted by atomic mass is 9.75. The third-order valence-electron chi connectivity index (χ3n) is 17.2. The van der Waals surface area contributed by atoms with E-state index in [-0.39, 0.29) is 23.7 Å². The van der Waals surface area contributed by atoms with Crippen molar-refractivity contribution in [1.82, 2.24) is 18.9 Å². The van der Waals surface area contributed by atoms with Gasteiger partial charge in [0.25, 0.3) is 11.8 Å². The van der Waals surface area contributed by atoms with Crippen LogP contribution in [0, 0.1) is 41.4 Å². The highest BCUT2D eigenvalue weighted by molar-refractivity contribution is 6.00. The van der Waals surface area contributed by atoms with Crippen molar-refractivity contribution in [2.24, 2.45) is 55.5 Å². The van der Waals surface area contributed by atoms with Gasteiger partial charge in [-0.3, -0.25) is 19.2 Å². The Hall–Kier alpha value is -4.48. The van der Waals surface area contributed by atoms with Crippen molar-refractivity contribution in [1.29, 1.82) is 0 Å². The van der Waals surface area contributed by atoms with Crippen molar-refractivity contribution in [3.63, 3.8) is 0 Å². The van der Waals surface area contributed by atoms with E-state index in [9.17, 15) is 19.2 Å². The summed E-state index contributed by atoms with van der Waals surface area (Å²) in [5.41, 5.74) is 9.38. The summed E-state index contributed by atoms with van der Waals surface area (Å²) in [4.78, 5) is 55.2. The number of benzene rings is 2. The van der Waals surface area contributed by atoms with Crippen LogP contribution in [0.15, 0.2) is 36.4 Å². The molecule has 1 saturated carbocycles. The van der Waals surface area contributed by atoms with E-state index < -0.39 is 5.60 Å². The number of Topliss-reactive ketones (excluding diaryl/α,β-unsaturated/α-hetero) is 1. The van der Waals surface area contributed by atoms with E-state index >= 15 is 0 Å². The summed E-state index contributed by atoms with van der Waals surface area (Å²) in [6, 6.07) is 12.5. The number of nitrogens with zero attached hydrogens (tertiary/aromatic N) is 4. The van der Waals surface area contributed by atoms with E-state index in [0.717, 1.165) is 120 Å². The number of ether oxygens (including phenoxy) is 3. The molecule has 2 aromatic carbocycles. The van der Waals surface area contributed by atoms with Crippen LogP contribution >= 0.6 is 0 Å². The highest BCUT2D eigenvalue weighted by atomic mass is 16.6. The van der Waals surface area contributed by atoms with Crippen LogP contribution in [-0.4, -0.2) is 101 Å². The zero-order chi connectivity index (χ0) is 47.3. The molecule has 3 aliphatic carbocycles. The molecule has 2 amide bonds. The van der Waals surface area contributed by atoms with E-state index in [2.05, 4.69) is 47.5 Å². The number of carbonyl (C=O) groups excluding carboxylic acids is 4. The number of likely N-dealkylation sites (tertiary alicyclic amines) is 2. The number of ketones is 1. The van der Waals surface area contributed by atoms with E-state index in [4.69, 9.17) is 14.2 Å². The highest BCUT2D eigenvalue weighted by Crippen LogP contribution is 2.42. The van der Waals surface area contributed by atoms with Gasteiger partial charge < -0.3 is 33.1 Å². The zero-order valence-electron chi connectivity index (χ0n) is 41.6. The summed E-state index contributed by atoms with van der Waals surface area (Å²) in [5, 5.41) is 2.52. The molecule has 366 valence electrons. The zero-order valence-corrected chi connectivity index (χ0v) is 41.6. The maximum atomic E-state index is 13.4. The third kappa shape index (κ3) is 10.1. The molecule has 4 aromatic rings. The molecule has 2 aromatic heterocycles. The third-order valence-corrected chi connectivity index (χ3v) is 17.2. The first-order chi connectivity index (χ1) is 32.8. The number of aryl methyl sites for hydroxylation is 2. The van der Waals surface area contributed by atoms with Crippen LogP contribution in [0.2, 0.25) is 0 Å². The lowest BCUT2D eigenvalue weighted by Crippen LogP contribution is -2.30. The topological polar surface area (TPSA) is 112 Å². The number of hydrogen-bond acceptors (Lipinski definition) is 7. The molecule has 4 saturated heterocycles. The van der Waals surface area contributed by atoms with Gasteiger partial charge in [-0.25, -0.2) is 0 Å². The Labute approximate surface area is 403 Å². The fourth-order valence-electron chi connectivity index (χ4n) is 13.3. The monoisotopic (exact) mass is 929 g/mol. The number of fused-ring (bicyclic) bond motifs is 6. The minimum atomic E-state index is -0.473. The van der Waals surface area contributed by atoms with Crippen molar-refractivity contribution in [3.8, 4) is 0 Å². The van der Waals surface area contributed by atoms with Crippen LogP contribution in [0.4, 0.5) is 0 Å². The maximum Gasteiger partial charge on any atom is 0.306 e. The largest absolute Gasteiger partial charge is 0.460 e. The van der Waals surface area contributed by atoms with Crippen molar-refractivity contribution in [2.75, 3.05) is 52.6 Å². The standard InChI is InChI=1S/C29H40N2O4.C28H36N2O3/c1-29(2,3)35-27(32)15-19-9-12-31(18-19)28(33)22-6-8-26-24(17-22)23-16-21(5-7-25(23)30(26)4)20-10-13-34-14-11-20;1-29-25-6-4-21(19-9-12-33-13-10-19)15-23(25)24-16-22(5-7-26(24)29)28(32)30-11-8-18(17-30)14-27(31)20-2-3-20/h6,8,17,19-21H,5,7,9-16,18H2,1-4H3;5,7,16,18-21H,2-4,6,8-15,17H2,1H3/t19-,21?;18-,21?/m11/s1. The van der Waals surface area contributed by atoms with E-state index in [1.165, 1.54) is 82.8 Å². The van der Waals surface area contributed by atoms with E-state index in [1.807, 2.05) is 42.7 Å². The molecule has 2 unspecified atom stereocenters. The summed E-state index contributed by atoms with van der Waals surface area (Å²) < 4.78 is 21.4. The normalized spacial score (nSPS) is 24.7. The number of esters is 1. The predicted octanol–water partition coefficient (Wildman–Crippen LogP) is 9.44. The smallest absolute Gasteiger partial charge is 0.306 e. The Morgan fingerprint density at radius 3 is 1.49 bits per heavy atom. The molecule has 6 heterocycles. The molecular formula is C57H76N4O7. The number of carbonyl (C=O) groups is 4. The molecule has 0 bridgehead atoms. The molecule has 7 aliphatic rings. The molecule has 0 radical (unpaired) electrons. The van der Waals surface area contributed by atoms with E-state index in [1.54, 1.807) is 0 Å². The summed E-state index contributed by atoms with van der Waals surface area (Å²) in [6.07, 6.45) is 16.7. The first-order valence-corrected chi connectivity index (χ1v) is 26.5. The molecule has 4 aliphatic heterocycles. The van der Waals surface area contributed by atoms with E-state index in [0.29, 0.717) is 49.5 Å². The highest BCUT2D eigenvalue weighted by Gasteiger charge is 2.37. The molecule has 11 nitrogen and oxygen atoms in total. The summed E-state index contributed by atoms with van der Waals surface area (Å²) in [6.45, 7) is 12.1. The second-order valence-corrected chi connectivity index (χ2v) is 22.9. The Bertz CT molecular complexity index is 2530. The van der Waals surface area contributed by atoms with Gasteiger partial charge in [-0.15, -0.1) is 0 Å². The summed E-state index contributed by atoms with van der Waals surface area (Å²) >= 11 is 0. The van der Waals surface area contributed by atoms with Crippen LogP contribution in [0.5, 0.6) is 0 Å². The van der Waals surface area contributed by atoms with Crippen LogP contribution in [-0.2, 0) is 63.6 Å². The van der Waals surface area contributed by atoms with Gasteiger partial charge in [0, 0.05) is 123 Å². The molecule has 11 heteroatoms. The number of hydrogen-bond donors (Lipinski definition) is 0. The Morgan fingerprint density at radius 1 is 0.588 bits per heavy atom. The second-order valence-electron chi connectivity index (χ2n) is 22.9. The van der Waals surface area contributed by atoms with Gasteiger partial charge in [0.1, 0.15) is 11.4 Å². The van der Waals surface area contributed by atoms with Crippen LogP contribution in [0.25, 0.3) is 21.8 Å². The molecule has 11 rings (SSSR count). The molecule has 0 N–H and O–H groups in total. The molecule has 0 spiro atoms. The van der Waals surface area contributed by atoms with Gasteiger partial charge in [0.05, 0.1) is 6.42 Å². The number of aromatic nitrogens is 2. The first kappa shape index (κ1) is 47.2. The maximum absolute atomic E-state index is 13.4. The van der Waals surface area contributed by atoms with Crippen molar-refractivity contribution >= 4 is 45.4 Å². The van der Waals surface area contributed by atoms with Gasteiger partial charge in [-0.1, -0.05) is 0 Å². The lowest BCUT2D eigenvalue weighted by Gasteiger charge is -2.33. The SMILES string of the molecule is Cn1c2c(c3cc(C(=O)N4CC[C@H](CC(=O)C5CC5)C4)ccc31)CC(C1CCOCC1)CC2.Cn1c2c(c3cc(C(=O)N4CC[C@H](CC(=O)OC(C)(C)C)C4)ccc31)CC(C1CCOCC1)CC2. The molecule has 68 heavy (non-hydrogen) atoms. The van der Waals surface area contributed by atoms with Gasteiger partial charge in [0.2, 0.25) is 0 Å². The average Bonchev–Trinajstić information content (AvgIpc) is 3.67. The van der Waals surface area contributed by atoms with Crippen LogP contribution < -0.4 is 0 Å². The fraction of sp³-hybridized carbons (Fsp3) is 0.649. The Kier molecular flexibility index (Phi) is 13.7. The minimum absolute atomic E-state index is 0.0768. The fourth-order valence-corrected chi connectivity index (χ4v) is 13.3. The second kappa shape index (κ2) is 19.7. The van der Waals surface area contributed by atoms with Crippen LogP contribution in [0.1, 0.15) is 141 Å². The van der Waals surface area contributed by atoms with Crippen LogP contribution in [0.3, 0.4) is 0 Å². The average molecular weight is 929 g/mol. The predicted molar refractivity (Wildman–Crippen MR) is 265 cm³/mol. The molecule has 4 atom stereocenters. The van der Waals surface area contributed by atoms with Crippen molar-refractivity contribution < 1.29 is 33.4 Å². The number of amides is 2. The van der Waals surface area contributed by atoms with Crippen molar-refractivity contribution in [2.45, 2.75) is 129 Å². The summed E-state index contributed by atoms with van der Waals surface area (Å²) in [5.74, 6) is 4.26. The molecular weight excluding hydrogens is 853 g/mol. The van der Waals surface area contributed by atoms with Gasteiger partial charge >= 0.3 is 5.97 Å². The Morgan fingerprint density at radius 2 is 1.04 bits per heavy atom. The van der Waals surface area contributed by atoms with Gasteiger partial charge in [-0.2, -0.15) is 0 Å². The first-order valence-electron chi connectivity index (χ1n) is 26.5. The quantitative estimate of drug-likeness (QED) is 0.154. The lowest BCUT2D eigenvalue weighted by molar-refractivity contribution is -0.155. The number of rotatable bonds is 9. The van der Waals surface area contributed by atoms with Crippen molar-refractivity contribution in [3.05, 3.63) is 70.0 Å².